The summed E-state index contributed by atoms with van der Waals surface area (Å²) in [5.41, 5.74) is 8.84. The molecule has 0 unspecified atom stereocenters. The third-order valence-electron chi connectivity index (χ3n) is 5.02. The van der Waals surface area contributed by atoms with Crippen molar-refractivity contribution in [2.45, 2.75) is 33.6 Å². The molecule has 29 heavy (non-hydrogen) atoms. The fraction of sp³-hybridized carbons (Fsp3) is 0.450. The summed E-state index contributed by atoms with van der Waals surface area (Å²) in [6.07, 6.45) is 2.33. The maximum absolute atomic E-state index is 12.6. The molecule has 0 aliphatic heterocycles. The molecule has 0 bridgehead atoms. The number of ketones is 1. The van der Waals surface area contributed by atoms with Gasteiger partial charge in [-0.2, -0.15) is 5.10 Å². The van der Waals surface area contributed by atoms with E-state index in [0.717, 1.165) is 11.9 Å². The lowest BCUT2D eigenvalue weighted by Gasteiger charge is -2.29. The van der Waals surface area contributed by atoms with Crippen LogP contribution in [-0.4, -0.2) is 48.4 Å². The zero-order valence-corrected chi connectivity index (χ0v) is 17.9. The zero-order valence-electron chi connectivity index (χ0n) is 17.1. The highest BCUT2D eigenvalue weighted by Gasteiger charge is 2.35. The predicted molar refractivity (Wildman–Crippen MR) is 111 cm³/mol. The van der Waals surface area contributed by atoms with Crippen molar-refractivity contribution in [2.75, 3.05) is 23.9 Å². The van der Waals surface area contributed by atoms with Crippen molar-refractivity contribution in [3.05, 3.63) is 40.7 Å². The molecule has 8 nitrogen and oxygen atoms in total. The maximum atomic E-state index is 12.6. The van der Waals surface area contributed by atoms with E-state index in [9.17, 15) is 18.0 Å². The van der Waals surface area contributed by atoms with Crippen molar-refractivity contribution in [3.63, 3.8) is 0 Å². The summed E-state index contributed by atoms with van der Waals surface area (Å²) in [5, 5.41) is 7.55. The van der Waals surface area contributed by atoms with Crippen LogP contribution in [0.4, 0.5) is 5.69 Å². The second-order valence-electron chi connectivity index (χ2n) is 8.41. The maximum Gasteiger partial charge on any atom is 0.250 e. The SMILES string of the molecule is Cc1nn(-c2ccc(C(N)=O)c(NCCS(C)(=O)=O)c2)c2c1C(=O)CC(C)(C)C2. The van der Waals surface area contributed by atoms with E-state index in [4.69, 9.17) is 5.73 Å². The lowest BCUT2D eigenvalue weighted by Crippen LogP contribution is -2.28. The van der Waals surface area contributed by atoms with Gasteiger partial charge in [-0.05, 0) is 37.0 Å². The first-order valence-corrected chi connectivity index (χ1v) is 11.4. The number of hydrogen-bond acceptors (Lipinski definition) is 6. The van der Waals surface area contributed by atoms with E-state index in [0.29, 0.717) is 35.5 Å². The Balaban J connectivity index is 2.04. The molecule has 2 aromatic rings. The van der Waals surface area contributed by atoms with Crippen molar-refractivity contribution in [1.82, 2.24) is 9.78 Å². The number of Topliss-reactive ketones (excluding diaryl/α,β-unsaturated/α-hetero) is 1. The number of rotatable bonds is 6. The van der Waals surface area contributed by atoms with Crippen LogP contribution in [-0.2, 0) is 16.3 Å². The fourth-order valence-electron chi connectivity index (χ4n) is 3.75. The summed E-state index contributed by atoms with van der Waals surface area (Å²) in [6.45, 7) is 6.06. The van der Waals surface area contributed by atoms with E-state index in [1.807, 2.05) is 6.92 Å². The molecule has 0 spiro atoms. The van der Waals surface area contributed by atoms with Crippen LogP contribution in [0.1, 0.15) is 52.4 Å². The Morgan fingerprint density at radius 2 is 2.00 bits per heavy atom. The first-order valence-electron chi connectivity index (χ1n) is 9.35. The highest BCUT2D eigenvalue weighted by Crippen LogP contribution is 2.37. The Kier molecular flexibility index (Phi) is 5.29. The Morgan fingerprint density at radius 1 is 1.31 bits per heavy atom. The van der Waals surface area contributed by atoms with Gasteiger partial charge in [-0.15, -0.1) is 0 Å². The molecule has 3 N–H and O–H groups in total. The average molecular weight is 419 g/mol. The van der Waals surface area contributed by atoms with Gasteiger partial charge in [-0.25, -0.2) is 13.1 Å². The molecule has 3 rings (SSSR count). The highest BCUT2D eigenvalue weighted by atomic mass is 32.2. The van der Waals surface area contributed by atoms with Gasteiger partial charge in [0.2, 0.25) is 0 Å². The number of aryl methyl sites for hydroxylation is 1. The van der Waals surface area contributed by atoms with Crippen LogP contribution in [0, 0.1) is 12.3 Å². The van der Waals surface area contributed by atoms with Crippen LogP contribution in [0.5, 0.6) is 0 Å². The summed E-state index contributed by atoms with van der Waals surface area (Å²) in [6, 6.07) is 5.02. The van der Waals surface area contributed by atoms with E-state index in [-0.39, 0.29) is 29.1 Å². The summed E-state index contributed by atoms with van der Waals surface area (Å²) >= 11 is 0. The van der Waals surface area contributed by atoms with Crippen molar-refractivity contribution in [2.24, 2.45) is 11.1 Å². The molecule has 1 aliphatic carbocycles. The van der Waals surface area contributed by atoms with Gasteiger partial charge < -0.3 is 11.1 Å². The number of nitrogens with zero attached hydrogens (tertiary/aromatic N) is 2. The molecule has 9 heteroatoms. The third kappa shape index (κ3) is 4.50. The summed E-state index contributed by atoms with van der Waals surface area (Å²) in [4.78, 5) is 24.4. The quantitative estimate of drug-likeness (QED) is 0.738. The number of sulfone groups is 1. The fourth-order valence-corrected chi connectivity index (χ4v) is 4.22. The number of anilines is 1. The first kappa shape index (κ1) is 21.0. The second kappa shape index (κ2) is 7.29. The van der Waals surface area contributed by atoms with E-state index >= 15 is 0 Å². The lowest BCUT2D eigenvalue weighted by atomic mass is 9.75. The number of nitrogens with two attached hydrogens (primary N) is 1. The number of carbonyl (C=O) groups is 2. The molecule has 0 radical (unpaired) electrons. The van der Waals surface area contributed by atoms with Crippen molar-refractivity contribution in [1.29, 1.82) is 0 Å². The molecular weight excluding hydrogens is 392 g/mol. The van der Waals surface area contributed by atoms with E-state index in [1.54, 1.807) is 22.9 Å². The number of primary amides is 1. The lowest BCUT2D eigenvalue weighted by molar-refractivity contribution is 0.0909. The van der Waals surface area contributed by atoms with Crippen molar-refractivity contribution >= 4 is 27.2 Å². The minimum absolute atomic E-state index is 0.0750. The third-order valence-corrected chi connectivity index (χ3v) is 5.97. The Hall–Kier alpha value is -2.68. The summed E-state index contributed by atoms with van der Waals surface area (Å²) < 4.78 is 24.5. The van der Waals surface area contributed by atoms with Gasteiger partial charge in [-0.3, -0.25) is 9.59 Å². The van der Waals surface area contributed by atoms with Gasteiger partial charge in [0.25, 0.3) is 5.91 Å². The molecule has 1 amide bonds. The smallest absolute Gasteiger partial charge is 0.250 e. The van der Waals surface area contributed by atoms with Gasteiger partial charge in [0.15, 0.2) is 5.78 Å². The number of amides is 1. The normalized spacial score (nSPS) is 15.8. The molecule has 1 aromatic carbocycles. The Morgan fingerprint density at radius 3 is 2.62 bits per heavy atom. The molecular formula is C20H26N4O4S. The van der Waals surface area contributed by atoms with Crippen LogP contribution in [0.15, 0.2) is 18.2 Å². The van der Waals surface area contributed by atoms with E-state index in [1.165, 1.54) is 0 Å². The van der Waals surface area contributed by atoms with Crippen molar-refractivity contribution < 1.29 is 18.0 Å². The number of carbonyl (C=O) groups excluding carboxylic acids is 2. The van der Waals surface area contributed by atoms with Gasteiger partial charge in [0.1, 0.15) is 9.84 Å². The van der Waals surface area contributed by atoms with Crippen molar-refractivity contribution in [3.8, 4) is 5.69 Å². The van der Waals surface area contributed by atoms with E-state index < -0.39 is 15.7 Å². The van der Waals surface area contributed by atoms with Gasteiger partial charge in [0.05, 0.1) is 34.0 Å². The molecule has 1 heterocycles. The highest BCUT2D eigenvalue weighted by molar-refractivity contribution is 7.90. The molecule has 0 fully saturated rings. The minimum Gasteiger partial charge on any atom is -0.383 e. The first-order chi connectivity index (χ1) is 13.4. The molecule has 1 aromatic heterocycles. The summed E-state index contributed by atoms with van der Waals surface area (Å²) in [5.74, 6) is -0.609. The van der Waals surface area contributed by atoms with Gasteiger partial charge in [-0.1, -0.05) is 13.8 Å². The monoisotopic (exact) mass is 418 g/mol. The largest absolute Gasteiger partial charge is 0.383 e. The van der Waals surface area contributed by atoms with E-state index in [2.05, 4.69) is 24.3 Å². The summed E-state index contributed by atoms with van der Waals surface area (Å²) in [7, 11) is -3.15. The van der Waals surface area contributed by atoms with Gasteiger partial charge >= 0.3 is 0 Å². The number of hydrogen-bond donors (Lipinski definition) is 2. The zero-order chi connectivity index (χ0) is 21.6. The molecule has 1 aliphatic rings. The van der Waals surface area contributed by atoms with Crippen LogP contribution >= 0.6 is 0 Å². The van der Waals surface area contributed by atoms with Crippen LogP contribution < -0.4 is 11.1 Å². The number of benzene rings is 1. The molecule has 0 saturated heterocycles. The Bertz CT molecular complexity index is 1100. The topological polar surface area (TPSA) is 124 Å². The molecule has 0 saturated carbocycles. The molecule has 0 atom stereocenters. The van der Waals surface area contributed by atoms with Gasteiger partial charge in [0, 0.05) is 24.9 Å². The standard InChI is InChI=1S/C20H26N4O4S/c1-12-18-16(10-20(2,3)11-17(18)25)24(23-12)13-5-6-14(19(21)26)15(9-13)22-7-8-29(4,27)28/h5-6,9,22H,7-8,10-11H2,1-4H3,(H2,21,26). The Labute approximate surface area is 170 Å². The predicted octanol–water partition coefficient (Wildman–Crippen LogP) is 1.89. The van der Waals surface area contributed by atoms with Crippen LogP contribution in [0.3, 0.4) is 0 Å². The second-order valence-corrected chi connectivity index (χ2v) is 10.7. The number of aromatic nitrogens is 2. The van der Waals surface area contributed by atoms with Crippen LogP contribution in [0.2, 0.25) is 0 Å². The molecule has 156 valence electrons. The minimum atomic E-state index is -3.15. The number of fused-ring (bicyclic) bond motifs is 1. The van der Waals surface area contributed by atoms with Crippen LogP contribution in [0.25, 0.3) is 5.69 Å². The number of nitrogens with one attached hydrogen (secondary N) is 1. The average Bonchev–Trinajstić information content (AvgIpc) is 2.88.